The Morgan fingerprint density at radius 3 is 2.71 bits per heavy atom. The number of anilines is 1. The highest BCUT2D eigenvalue weighted by molar-refractivity contribution is 5.75. The zero-order valence-corrected chi connectivity index (χ0v) is 9.72. The number of rotatable bonds is 4. The Kier molecular flexibility index (Phi) is 4.38. The SMILES string of the molecule is O=C(CNc1ccccc1)OC1CCOCC1. The second-order valence-corrected chi connectivity index (χ2v) is 4.02. The average molecular weight is 235 g/mol. The molecule has 0 aromatic heterocycles. The first-order valence-electron chi connectivity index (χ1n) is 5.91. The Morgan fingerprint density at radius 1 is 1.29 bits per heavy atom. The molecule has 0 atom stereocenters. The third-order valence-electron chi connectivity index (χ3n) is 2.68. The van der Waals surface area contributed by atoms with Gasteiger partial charge in [-0.1, -0.05) is 18.2 Å². The Labute approximate surface area is 101 Å². The van der Waals surface area contributed by atoms with Crippen LogP contribution in [0.2, 0.25) is 0 Å². The third-order valence-corrected chi connectivity index (χ3v) is 2.68. The standard InChI is InChI=1S/C13H17NO3/c15-13(17-12-6-8-16-9-7-12)10-14-11-4-2-1-3-5-11/h1-5,12,14H,6-10H2. The van der Waals surface area contributed by atoms with Crippen LogP contribution in [0.5, 0.6) is 0 Å². The van der Waals surface area contributed by atoms with Crippen molar-refractivity contribution < 1.29 is 14.3 Å². The summed E-state index contributed by atoms with van der Waals surface area (Å²) in [5.41, 5.74) is 0.927. The molecule has 92 valence electrons. The molecule has 4 heteroatoms. The van der Waals surface area contributed by atoms with Gasteiger partial charge in [0.15, 0.2) is 0 Å². The maximum absolute atomic E-state index is 11.6. The van der Waals surface area contributed by atoms with E-state index in [1.165, 1.54) is 0 Å². The lowest BCUT2D eigenvalue weighted by atomic mass is 10.1. The fraction of sp³-hybridized carbons (Fsp3) is 0.462. The number of carbonyl (C=O) groups is 1. The summed E-state index contributed by atoms with van der Waals surface area (Å²) >= 11 is 0. The van der Waals surface area contributed by atoms with Crippen LogP contribution in [0.1, 0.15) is 12.8 Å². The largest absolute Gasteiger partial charge is 0.461 e. The average Bonchev–Trinajstić information content (AvgIpc) is 2.39. The van der Waals surface area contributed by atoms with Crippen molar-refractivity contribution >= 4 is 11.7 Å². The first-order chi connectivity index (χ1) is 8.34. The highest BCUT2D eigenvalue weighted by Gasteiger charge is 2.17. The van der Waals surface area contributed by atoms with E-state index in [1.807, 2.05) is 30.3 Å². The first kappa shape index (κ1) is 11.9. The Hall–Kier alpha value is -1.55. The summed E-state index contributed by atoms with van der Waals surface area (Å²) in [5, 5.41) is 3.03. The zero-order valence-electron chi connectivity index (χ0n) is 9.72. The van der Waals surface area contributed by atoms with Crippen LogP contribution in [-0.4, -0.2) is 31.8 Å². The fourth-order valence-corrected chi connectivity index (χ4v) is 1.75. The van der Waals surface area contributed by atoms with E-state index >= 15 is 0 Å². The summed E-state index contributed by atoms with van der Waals surface area (Å²) < 4.78 is 10.5. The maximum Gasteiger partial charge on any atom is 0.325 e. The monoisotopic (exact) mass is 235 g/mol. The Morgan fingerprint density at radius 2 is 2.00 bits per heavy atom. The number of hydrogen-bond donors (Lipinski definition) is 1. The van der Waals surface area contributed by atoms with Crippen molar-refractivity contribution in [1.29, 1.82) is 0 Å². The molecule has 1 fully saturated rings. The number of carbonyl (C=O) groups excluding carboxylic acids is 1. The van der Waals surface area contributed by atoms with Gasteiger partial charge in [-0.3, -0.25) is 4.79 Å². The van der Waals surface area contributed by atoms with Crippen LogP contribution in [0, 0.1) is 0 Å². The molecule has 0 aliphatic carbocycles. The topological polar surface area (TPSA) is 47.6 Å². The molecule has 1 heterocycles. The number of para-hydroxylation sites is 1. The van der Waals surface area contributed by atoms with E-state index in [4.69, 9.17) is 9.47 Å². The number of benzene rings is 1. The summed E-state index contributed by atoms with van der Waals surface area (Å²) in [7, 11) is 0. The molecule has 0 radical (unpaired) electrons. The maximum atomic E-state index is 11.6. The van der Waals surface area contributed by atoms with Crippen LogP contribution in [0.4, 0.5) is 5.69 Å². The molecule has 0 unspecified atom stereocenters. The minimum absolute atomic E-state index is 0.0221. The number of hydrogen-bond acceptors (Lipinski definition) is 4. The molecular weight excluding hydrogens is 218 g/mol. The lowest BCUT2D eigenvalue weighted by Gasteiger charge is -2.22. The summed E-state index contributed by atoms with van der Waals surface area (Å²) in [6, 6.07) is 9.62. The van der Waals surface area contributed by atoms with Gasteiger partial charge in [0.2, 0.25) is 0 Å². The zero-order chi connectivity index (χ0) is 11.9. The molecule has 1 aliphatic rings. The highest BCUT2D eigenvalue weighted by atomic mass is 16.6. The first-order valence-corrected chi connectivity index (χ1v) is 5.91. The Balaban J connectivity index is 1.70. The Bertz CT molecular complexity index is 347. The molecule has 0 amide bonds. The lowest BCUT2D eigenvalue weighted by molar-refractivity contribution is -0.150. The summed E-state index contributed by atoms with van der Waals surface area (Å²) in [4.78, 5) is 11.6. The number of esters is 1. The fourth-order valence-electron chi connectivity index (χ4n) is 1.75. The minimum Gasteiger partial charge on any atom is -0.461 e. The van der Waals surface area contributed by atoms with E-state index in [9.17, 15) is 4.79 Å². The molecule has 0 saturated carbocycles. The summed E-state index contributed by atoms with van der Waals surface area (Å²) in [6.45, 7) is 1.58. The van der Waals surface area contributed by atoms with Crippen molar-refractivity contribution in [2.45, 2.75) is 18.9 Å². The second-order valence-electron chi connectivity index (χ2n) is 4.02. The van der Waals surface area contributed by atoms with Gasteiger partial charge in [-0.2, -0.15) is 0 Å². The molecular formula is C13H17NO3. The molecule has 1 aromatic carbocycles. The van der Waals surface area contributed by atoms with E-state index in [-0.39, 0.29) is 18.6 Å². The lowest BCUT2D eigenvalue weighted by Crippen LogP contribution is -2.28. The predicted molar refractivity (Wildman–Crippen MR) is 64.9 cm³/mol. The van der Waals surface area contributed by atoms with Crippen LogP contribution in [0.15, 0.2) is 30.3 Å². The van der Waals surface area contributed by atoms with Crippen LogP contribution in [0.25, 0.3) is 0 Å². The third kappa shape index (κ3) is 4.07. The number of ether oxygens (including phenoxy) is 2. The highest BCUT2D eigenvalue weighted by Crippen LogP contribution is 2.11. The van der Waals surface area contributed by atoms with Gasteiger partial charge in [0, 0.05) is 18.5 Å². The van der Waals surface area contributed by atoms with Crippen molar-refractivity contribution in [2.24, 2.45) is 0 Å². The van der Waals surface area contributed by atoms with E-state index in [0.717, 1.165) is 18.5 Å². The van der Waals surface area contributed by atoms with Crippen LogP contribution in [0.3, 0.4) is 0 Å². The van der Waals surface area contributed by atoms with Gasteiger partial charge in [0.05, 0.1) is 13.2 Å². The van der Waals surface area contributed by atoms with Gasteiger partial charge in [0.25, 0.3) is 0 Å². The van der Waals surface area contributed by atoms with E-state index in [0.29, 0.717) is 13.2 Å². The predicted octanol–water partition coefficient (Wildman–Crippen LogP) is 1.82. The van der Waals surface area contributed by atoms with Crippen LogP contribution < -0.4 is 5.32 Å². The van der Waals surface area contributed by atoms with Gasteiger partial charge >= 0.3 is 5.97 Å². The number of nitrogens with one attached hydrogen (secondary N) is 1. The van der Waals surface area contributed by atoms with Gasteiger partial charge in [-0.15, -0.1) is 0 Å². The van der Waals surface area contributed by atoms with E-state index in [1.54, 1.807) is 0 Å². The smallest absolute Gasteiger partial charge is 0.325 e. The molecule has 4 nitrogen and oxygen atoms in total. The van der Waals surface area contributed by atoms with Crippen molar-refractivity contribution in [3.05, 3.63) is 30.3 Å². The van der Waals surface area contributed by atoms with Gasteiger partial charge in [0.1, 0.15) is 12.6 Å². The molecule has 1 saturated heterocycles. The van der Waals surface area contributed by atoms with Gasteiger partial charge < -0.3 is 14.8 Å². The normalized spacial score (nSPS) is 16.5. The van der Waals surface area contributed by atoms with Crippen LogP contribution >= 0.6 is 0 Å². The van der Waals surface area contributed by atoms with Crippen LogP contribution in [-0.2, 0) is 14.3 Å². The molecule has 2 rings (SSSR count). The van der Waals surface area contributed by atoms with E-state index in [2.05, 4.69) is 5.32 Å². The molecule has 1 aromatic rings. The van der Waals surface area contributed by atoms with Crippen molar-refractivity contribution in [1.82, 2.24) is 0 Å². The van der Waals surface area contributed by atoms with Crippen molar-refractivity contribution in [2.75, 3.05) is 25.1 Å². The molecule has 0 bridgehead atoms. The van der Waals surface area contributed by atoms with E-state index < -0.39 is 0 Å². The molecule has 1 N–H and O–H groups in total. The van der Waals surface area contributed by atoms with Crippen molar-refractivity contribution in [3.8, 4) is 0 Å². The van der Waals surface area contributed by atoms with Crippen molar-refractivity contribution in [3.63, 3.8) is 0 Å². The minimum atomic E-state index is -0.208. The quantitative estimate of drug-likeness (QED) is 0.809. The molecule has 1 aliphatic heterocycles. The van der Waals surface area contributed by atoms with Gasteiger partial charge in [-0.25, -0.2) is 0 Å². The molecule has 0 spiro atoms. The van der Waals surface area contributed by atoms with Gasteiger partial charge in [-0.05, 0) is 12.1 Å². The molecule has 17 heavy (non-hydrogen) atoms. The second kappa shape index (κ2) is 6.25. The summed E-state index contributed by atoms with van der Waals surface area (Å²) in [6.07, 6.45) is 1.63. The summed E-state index contributed by atoms with van der Waals surface area (Å²) in [5.74, 6) is -0.208.